The van der Waals surface area contributed by atoms with Gasteiger partial charge in [-0.1, -0.05) is 23.2 Å². The molecule has 0 atom stereocenters. The predicted molar refractivity (Wildman–Crippen MR) is 99.7 cm³/mol. The maximum atomic E-state index is 11.7. The van der Waals surface area contributed by atoms with Crippen molar-refractivity contribution in [3.63, 3.8) is 0 Å². The van der Waals surface area contributed by atoms with Crippen molar-refractivity contribution in [3.8, 4) is 11.5 Å². The van der Waals surface area contributed by atoms with Gasteiger partial charge >= 0.3 is 0 Å². The molecule has 2 amide bonds. The zero-order valence-electron chi connectivity index (χ0n) is 14.3. The Hall–Kier alpha value is -2.44. The Morgan fingerprint density at radius 2 is 1.54 bits per heavy atom. The summed E-state index contributed by atoms with van der Waals surface area (Å²) in [6.45, 7) is 3.15. The average Bonchev–Trinajstić information content (AvgIpc) is 2.60. The van der Waals surface area contributed by atoms with Crippen molar-refractivity contribution in [1.82, 2.24) is 10.9 Å². The number of aryl methyl sites for hydroxylation is 2. The number of ether oxygens (including phenoxy) is 2. The molecule has 0 aliphatic carbocycles. The minimum absolute atomic E-state index is 0.250. The van der Waals surface area contributed by atoms with Gasteiger partial charge in [-0.15, -0.1) is 0 Å². The van der Waals surface area contributed by atoms with Crippen LogP contribution in [0, 0.1) is 13.8 Å². The summed E-state index contributed by atoms with van der Waals surface area (Å²) in [7, 11) is 0. The lowest BCUT2D eigenvalue weighted by molar-refractivity contribution is -0.131. The molecule has 2 N–H and O–H groups in total. The van der Waals surface area contributed by atoms with Crippen LogP contribution in [0.1, 0.15) is 11.1 Å². The molecule has 0 heterocycles. The first-order chi connectivity index (χ1) is 12.3. The molecule has 0 unspecified atom stereocenters. The topological polar surface area (TPSA) is 76.7 Å². The second-order valence-electron chi connectivity index (χ2n) is 5.49. The minimum Gasteiger partial charge on any atom is -0.484 e. The summed E-state index contributed by atoms with van der Waals surface area (Å²) in [6, 6.07) is 10.1. The summed E-state index contributed by atoms with van der Waals surface area (Å²) in [5.41, 5.74) is 6.14. The van der Waals surface area contributed by atoms with Gasteiger partial charge in [0.1, 0.15) is 11.5 Å². The van der Waals surface area contributed by atoms with Crippen molar-refractivity contribution in [2.45, 2.75) is 13.8 Å². The second kappa shape index (κ2) is 9.31. The number of carbonyl (C=O) groups excluding carboxylic acids is 2. The highest BCUT2D eigenvalue weighted by Crippen LogP contribution is 2.22. The number of carbonyl (C=O) groups is 2. The molecular weight excluding hydrogens is 379 g/mol. The Balaban J connectivity index is 1.71. The van der Waals surface area contributed by atoms with Crippen LogP contribution in [0.2, 0.25) is 10.0 Å². The Morgan fingerprint density at radius 1 is 0.885 bits per heavy atom. The molecule has 2 aromatic rings. The van der Waals surface area contributed by atoms with E-state index in [0.29, 0.717) is 21.5 Å². The SMILES string of the molecule is Cc1cc(OCC(=O)NNC(=O)COc2ccc(Cl)cc2C)ccc1Cl. The van der Waals surface area contributed by atoms with E-state index in [-0.39, 0.29) is 13.2 Å². The van der Waals surface area contributed by atoms with E-state index in [2.05, 4.69) is 10.9 Å². The van der Waals surface area contributed by atoms with Gasteiger partial charge in [-0.25, -0.2) is 0 Å². The molecule has 0 bridgehead atoms. The van der Waals surface area contributed by atoms with E-state index in [1.165, 1.54) is 0 Å². The zero-order chi connectivity index (χ0) is 19.1. The van der Waals surface area contributed by atoms with Crippen LogP contribution in [-0.4, -0.2) is 25.0 Å². The number of nitrogens with one attached hydrogen (secondary N) is 2. The van der Waals surface area contributed by atoms with Gasteiger partial charge in [-0.3, -0.25) is 20.4 Å². The molecule has 26 heavy (non-hydrogen) atoms. The summed E-state index contributed by atoms with van der Waals surface area (Å²) >= 11 is 11.8. The largest absolute Gasteiger partial charge is 0.484 e. The van der Waals surface area contributed by atoms with Crippen molar-refractivity contribution < 1.29 is 19.1 Å². The third-order valence-electron chi connectivity index (χ3n) is 3.34. The van der Waals surface area contributed by atoms with E-state index >= 15 is 0 Å². The van der Waals surface area contributed by atoms with E-state index in [9.17, 15) is 9.59 Å². The quantitative estimate of drug-likeness (QED) is 0.734. The Labute approximate surface area is 161 Å². The molecule has 0 saturated heterocycles. The Kier molecular flexibility index (Phi) is 7.12. The fourth-order valence-electron chi connectivity index (χ4n) is 1.99. The molecule has 0 saturated carbocycles. The number of hydrazine groups is 1. The monoisotopic (exact) mass is 396 g/mol. The first-order valence-electron chi connectivity index (χ1n) is 7.70. The van der Waals surface area contributed by atoms with Crippen LogP contribution >= 0.6 is 23.2 Å². The first-order valence-corrected chi connectivity index (χ1v) is 8.46. The molecule has 6 nitrogen and oxygen atoms in total. The first kappa shape index (κ1) is 19.9. The molecule has 8 heteroatoms. The molecule has 0 aliphatic rings. The van der Waals surface area contributed by atoms with Gasteiger partial charge in [0.15, 0.2) is 13.2 Å². The fourth-order valence-corrected chi connectivity index (χ4v) is 2.33. The van der Waals surface area contributed by atoms with Crippen molar-refractivity contribution in [2.75, 3.05) is 13.2 Å². The third kappa shape index (κ3) is 6.13. The summed E-state index contributed by atoms with van der Waals surface area (Å²) in [4.78, 5) is 23.4. The normalized spacial score (nSPS) is 10.2. The standard InChI is InChI=1S/C18H18Cl2N2O4/c1-11-8-14(4-5-15(11)20)25-9-17(23)21-22-18(24)10-26-16-6-3-13(19)7-12(16)2/h3-8H,9-10H2,1-2H3,(H,21,23)(H,22,24). The minimum atomic E-state index is -0.506. The molecule has 0 fully saturated rings. The highest BCUT2D eigenvalue weighted by Gasteiger charge is 2.08. The zero-order valence-corrected chi connectivity index (χ0v) is 15.8. The van der Waals surface area contributed by atoms with Gasteiger partial charge in [0.25, 0.3) is 11.8 Å². The van der Waals surface area contributed by atoms with Gasteiger partial charge in [-0.2, -0.15) is 0 Å². The lowest BCUT2D eigenvalue weighted by Gasteiger charge is -2.11. The van der Waals surface area contributed by atoms with Crippen LogP contribution < -0.4 is 20.3 Å². The third-order valence-corrected chi connectivity index (χ3v) is 4.00. The van der Waals surface area contributed by atoms with Crippen molar-refractivity contribution >= 4 is 35.0 Å². The summed E-state index contributed by atoms with van der Waals surface area (Å²) in [6.07, 6.45) is 0. The van der Waals surface area contributed by atoms with Crippen molar-refractivity contribution in [1.29, 1.82) is 0 Å². The maximum absolute atomic E-state index is 11.7. The molecule has 0 aliphatic heterocycles. The van der Waals surface area contributed by atoms with Crippen molar-refractivity contribution in [2.24, 2.45) is 0 Å². The fraction of sp³-hybridized carbons (Fsp3) is 0.222. The lowest BCUT2D eigenvalue weighted by atomic mass is 10.2. The summed E-state index contributed by atoms with van der Waals surface area (Å²) in [5.74, 6) is 0.0379. The van der Waals surface area contributed by atoms with E-state index in [4.69, 9.17) is 32.7 Å². The number of halogens is 2. The summed E-state index contributed by atoms with van der Waals surface area (Å²) in [5, 5.41) is 1.20. The number of benzene rings is 2. The Bertz CT molecular complexity index is 812. The molecule has 138 valence electrons. The van der Waals surface area contributed by atoms with Crippen LogP contribution in [0.5, 0.6) is 11.5 Å². The van der Waals surface area contributed by atoms with Gasteiger partial charge in [0, 0.05) is 10.0 Å². The number of rotatable bonds is 6. The average molecular weight is 397 g/mol. The molecular formula is C18H18Cl2N2O4. The van der Waals surface area contributed by atoms with Crippen LogP contribution in [-0.2, 0) is 9.59 Å². The van der Waals surface area contributed by atoms with Crippen LogP contribution in [0.3, 0.4) is 0 Å². The highest BCUT2D eigenvalue weighted by molar-refractivity contribution is 6.31. The smallest absolute Gasteiger partial charge is 0.276 e. The van der Waals surface area contributed by atoms with Crippen LogP contribution in [0.15, 0.2) is 36.4 Å². The van der Waals surface area contributed by atoms with Crippen molar-refractivity contribution in [3.05, 3.63) is 57.6 Å². The van der Waals surface area contributed by atoms with Crippen LogP contribution in [0.4, 0.5) is 0 Å². The molecule has 0 spiro atoms. The van der Waals surface area contributed by atoms with E-state index < -0.39 is 11.8 Å². The number of hydrogen-bond acceptors (Lipinski definition) is 4. The highest BCUT2D eigenvalue weighted by atomic mass is 35.5. The van der Waals surface area contributed by atoms with Crippen LogP contribution in [0.25, 0.3) is 0 Å². The Morgan fingerprint density at radius 3 is 2.15 bits per heavy atom. The van der Waals surface area contributed by atoms with Gasteiger partial charge in [-0.05, 0) is 61.4 Å². The maximum Gasteiger partial charge on any atom is 0.276 e. The molecule has 0 aromatic heterocycles. The van der Waals surface area contributed by atoms with Gasteiger partial charge < -0.3 is 9.47 Å². The van der Waals surface area contributed by atoms with Gasteiger partial charge in [0.05, 0.1) is 0 Å². The molecule has 2 aromatic carbocycles. The number of hydrogen-bond donors (Lipinski definition) is 2. The lowest BCUT2D eigenvalue weighted by Crippen LogP contribution is -2.45. The summed E-state index contributed by atoms with van der Waals surface area (Å²) < 4.78 is 10.7. The van der Waals surface area contributed by atoms with E-state index in [1.54, 1.807) is 36.4 Å². The number of amides is 2. The van der Waals surface area contributed by atoms with E-state index in [0.717, 1.165) is 11.1 Å². The molecule has 2 rings (SSSR count). The predicted octanol–water partition coefficient (Wildman–Crippen LogP) is 3.22. The van der Waals surface area contributed by atoms with E-state index in [1.807, 2.05) is 13.8 Å². The molecule has 0 radical (unpaired) electrons. The van der Waals surface area contributed by atoms with Gasteiger partial charge in [0.2, 0.25) is 0 Å². The second-order valence-corrected chi connectivity index (χ2v) is 6.34.